The van der Waals surface area contributed by atoms with Crippen LogP contribution >= 0.6 is 27.3 Å². The number of para-hydroxylation sites is 1. The number of pyridine rings is 1. The third-order valence-electron chi connectivity index (χ3n) is 4.86. The van der Waals surface area contributed by atoms with Gasteiger partial charge in [-0.2, -0.15) is 0 Å². The fourth-order valence-corrected chi connectivity index (χ4v) is 4.78. The highest BCUT2D eigenvalue weighted by molar-refractivity contribution is 9.10. The van der Waals surface area contributed by atoms with E-state index in [9.17, 15) is 4.79 Å². The second-order valence-electron chi connectivity index (χ2n) is 6.60. The maximum Gasteiger partial charge on any atom is 0.255 e. The summed E-state index contributed by atoms with van der Waals surface area (Å²) in [7, 11) is 1.66. The molecule has 3 heterocycles. The molecule has 1 aliphatic heterocycles. The molecule has 6 nitrogen and oxygen atoms in total. The highest BCUT2D eigenvalue weighted by atomic mass is 79.9. The van der Waals surface area contributed by atoms with Crippen LogP contribution in [0.25, 0.3) is 10.6 Å². The van der Waals surface area contributed by atoms with Crippen LogP contribution in [0.4, 0.5) is 0 Å². The number of halogens is 1. The number of carbonyl (C=O) groups is 1. The van der Waals surface area contributed by atoms with Crippen molar-refractivity contribution >= 4 is 33.2 Å². The SMILES string of the molecule is COc1ccccc1-c1nnc(C2CCN(C(=O)c3cncc(Br)c3)CC2)s1. The number of benzene rings is 1. The molecule has 4 rings (SSSR count). The number of aromatic nitrogens is 3. The summed E-state index contributed by atoms with van der Waals surface area (Å²) in [6.45, 7) is 1.42. The van der Waals surface area contributed by atoms with Crippen molar-refractivity contribution in [1.82, 2.24) is 20.1 Å². The third-order valence-corrected chi connectivity index (χ3v) is 6.41. The molecule has 0 bridgehead atoms. The largest absolute Gasteiger partial charge is 0.496 e. The van der Waals surface area contributed by atoms with Crippen LogP contribution in [0.2, 0.25) is 0 Å². The number of nitrogens with zero attached hydrogens (tertiary/aromatic N) is 4. The minimum atomic E-state index is 0.0271. The van der Waals surface area contributed by atoms with Gasteiger partial charge in [-0.3, -0.25) is 9.78 Å². The summed E-state index contributed by atoms with van der Waals surface area (Å²) in [5.74, 6) is 1.15. The topological polar surface area (TPSA) is 68.2 Å². The van der Waals surface area contributed by atoms with Crippen LogP contribution in [0.15, 0.2) is 47.2 Å². The standard InChI is InChI=1S/C20H19BrN4O2S/c1-27-17-5-3-2-4-16(17)19-24-23-18(28-19)13-6-8-25(9-7-13)20(26)14-10-15(21)12-22-11-14/h2-5,10-13H,6-9H2,1H3. The van der Waals surface area contributed by atoms with E-state index in [0.29, 0.717) is 24.6 Å². The number of methoxy groups -OCH3 is 1. The molecule has 0 radical (unpaired) electrons. The molecule has 1 fully saturated rings. The first-order valence-corrected chi connectivity index (χ1v) is 10.6. The van der Waals surface area contributed by atoms with Gasteiger partial charge in [-0.05, 0) is 47.0 Å². The van der Waals surface area contributed by atoms with Gasteiger partial charge in [0.05, 0.1) is 18.2 Å². The van der Waals surface area contributed by atoms with Crippen molar-refractivity contribution in [2.45, 2.75) is 18.8 Å². The Bertz CT molecular complexity index is 986. The summed E-state index contributed by atoms with van der Waals surface area (Å²) in [5.41, 5.74) is 1.57. The molecule has 1 amide bonds. The number of carbonyl (C=O) groups excluding carboxylic acids is 1. The number of piperidine rings is 1. The van der Waals surface area contributed by atoms with Gasteiger partial charge in [-0.15, -0.1) is 10.2 Å². The molecule has 0 saturated carbocycles. The van der Waals surface area contributed by atoms with E-state index in [1.165, 1.54) is 0 Å². The van der Waals surface area contributed by atoms with Crippen molar-refractivity contribution in [2.75, 3.05) is 20.2 Å². The van der Waals surface area contributed by atoms with Crippen LogP contribution in [0, 0.1) is 0 Å². The van der Waals surface area contributed by atoms with Gasteiger partial charge in [-0.1, -0.05) is 23.5 Å². The van der Waals surface area contributed by atoms with E-state index < -0.39 is 0 Å². The van der Waals surface area contributed by atoms with E-state index in [2.05, 4.69) is 31.1 Å². The first-order chi connectivity index (χ1) is 13.7. The third kappa shape index (κ3) is 3.93. The summed E-state index contributed by atoms with van der Waals surface area (Å²) in [6.07, 6.45) is 5.06. The molecule has 1 aliphatic rings. The second-order valence-corrected chi connectivity index (χ2v) is 8.53. The van der Waals surface area contributed by atoms with Crippen molar-refractivity contribution in [1.29, 1.82) is 0 Å². The molecule has 28 heavy (non-hydrogen) atoms. The van der Waals surface area contributed by atoms with Crippen molar-refractivity contribution in [2.24, 2.45) is 0 Å². The predicted molar refractivity (Wildman–Crippen MR) is 112 cm³/mol. The Balaban J connectivity index is 1.43. The Morgan fingerprint density at radius 3 is 2.75 bits per heavy atom. The molecule has 1 saturated heterocycles. The fourth-order valence-electron chi connectivity index (χ4n) is 3.37. The zero-order valence-corrected chi connectivity index (χ0v) is 17.7. The average Bonchev–Trinajstić information content (AvgIpc) is 3.23. The maximum atomic E-state index is 12.7. The van der Waals surface area contributed by atoms with Gasteiger partial charge in [0.25, 0.3) is 5.91 Å². The molecule has 3 aromatic rings. The Morgan fingerprint density at radius 1 is 1.21 bits per heavy atom. The molecule has 0 spiro atoms. The molecule has 0 aliphatic carbocycles. The van der Waals surface area contributed by atoms with Gasteiger partial charge < -0.3 is 9.64 Å². The number of hydrogen-bond acceptors (Lipinski definition) is 6. The van der Waals surface area contributed by atoms with Gasteiger partial charge in [0.15, 0.2) is 5.01 Å². The normalized spacial score (nSPS) is 14.9. The summed E-state index contributed by atoms with van der Waals surface area (Å²) >= 11 is 4.98. The van der Waals surface area contributed by atoms with Crippen molar-refractivity contribution < 1.29 is 9.53 Å². The minimum absolute atomic E-state index is 0.0271. The lowest BCUT2D eigenvalue weighted by Crippen LogP contribution is -2.38. The van der Waals surface area contributed by atoms with Crippen molar-refractivity contribution in [3.8, 4) is 16.3 Å². The number of amides is 1. The minimum Gasteiger partial charge on any atom is -0.496 e. The molecule has 0 N–H and O–H groups in total. The van der Waals surface area contributed by atoms with Crippen molar-refractivity contribution in [3.05, 3.63) is 57.8 Å². The zero-order valence-electron chi connectivity index (χ0n) is 15.3. The van der Waals surface area contributed by atoms with Gasteiger partial charge >= 0.3 is 0 Å². The van der Waals surface area contributed by atoms with Gasteiger partial charge in [-0.25, -0.2) is 0 Å². The lowest BCUT2D eigenvalue weighted by atomic mass is 9.97. The zero-order chi connectivity index (χ0) is 19.5. The van der Waals surface area contributed by atoms with E-state index >= 15 is 0 Å². The van der Waals surface area contributed by atoms with Crippen LogP contribution < -0.4 is 4.74 Å². The number of rotatable bonds is 4. The van der Waals surface area contributed by atoms with Gasteiger partial charge in [0.2, 0.25) is 0 Å². The smallest absolute Gasteiger partial charge is 0.255 e. The van der Waals surface area contributed by atoms with E-state index in [-0.39, 0.29) is 5.91 Å². The number of ether oxygens (including phenoxy) is 1. The lowest BCUT2D eigenvalue weighted by Gasteiger charge is -2.31. The molecule has 2 aromatic heterocycles. The Morgan fingerprint density at radius 2 is 2.00 bits per heavy atom. The average molecular weight is 459 g/mol. The molecular weight excluding hydrogens is 440 g/mol. The lowest BCUT2D eigenvalue weighted by molar-refractivity contribution is 0.0712. The Labute approximate surface area is 175 Å². The molecule has 144 valence electrons. The molecule has 8 heteroatoms. The highest BCUT2D eigenvalue weighted by Crippen LogP contribution is 2.36. The molecule has 0 atom stereocenters. The Kier molecular flexibility index (Phi) is 5.68. The van der Waals surface area contributed by atoms with Crippen LogP contribution in [-0.4, -0.2) is 46.2 Å². The monoisotopic (exact) mass is 458 g/mol. The van der Waals surface area contributed by atoms with Crippen LogP contribution in [-0.2, 0) is 0 Å². The molecular formula is C20H19BrN4O2S. The second kappa shape index (κ2) is 8.36. The predicted octanol–water partition coefficient (Wildman–Crippen LogP) is 4.39. The number of hydrogen-bond donors (Lipinski definition) is 0. The fraction of sp³-hybridized carbons (Fsp3) is 0.300. The van der Waals surface area contributed by atoms with Gasteiger partial charge in [0.1, 0.15) is 10.8 Å². The van der Waals surface area contributed by atoms with Crippen LogP contribution in [0.1, 0.15) is 34.1 Å². The van der Waals surface area contributed by atoms with E-state index in [1.54, 1.807) is 30.8 Å². The quantitative estimate of drug-likeness (QED) is 0.579. The van der Waals surface area contributed by atoms with E-state index in [1.807, 2.05) is 35.2 Å². The van der Waals surface area contributed by atoms with E-state index in [4.69, 9.17) is 4.74 Å². The Hall–Kier alpha value is -2.32. The first-order valence-electron chi connectivity index (χ1n) is 9.02. The first kappa shape index (κ1) is 19.0. The maximum absolute atomic E-state index is 12.7. The summed E-state index contributed by atoms with van der Waals surface area (Å²) in [4.78, 5) is 18.7. The molecule has 0 unspecified atom stereocenters. The van der Waals surface area contributed by atoms with Crippen LogP contribution in [0.3, 0.4) is 0 Å². The molecule has 1 aromatic carbocycles. The highest BCUT2D eigenvalue weighted by Gasteiger charge is 2.27. The summed E-state index contributed by atoms with van der Waals surface area (Å²) in [6, 6.07) is 9.65. The summed E-state index contributed by atoms with van der Waals surface area (Å²) < 4.78 is 6.24. The van der Waals surface area contributed by atoms with Crippen LogP contribution in [0.5, 0.6) is 5.75 Å². The summed E-state index contributed by atoms with van der Waals surface area (Å²) in [5, 5.41) is 10.7. The van der Waals surface area contributed by atoms with Crippen molar-refractivity contribution in [3.63, 3.8) is 0 Å². The van der Waals surface area contributed by atoms with E-state index in [0.717, 1.165) is 38.6 Å². The number of likely N-dealkylation sites (tertiary alicyclic amines) is 1. The van der Waals surface area contributed by atoms with Gasteiger partial charge in [0, 0.05) is 35.9 Å².